The summed E-state index contributed by atoms with van der Waals surface area (Å²) in [6.07, 6.45) is 1.14. The third-order valence-electron chi connectivity index (χ3n) is 2.40. The summed E-state index contributed by atoms with van der Waals surface area (Å²) in [5.74, 6) is 0. The van der Waals surface area contributed by atoms with Crippen LogP contribution in [-0.4, -0.2) is 18.6 Å². The molecule has 0 aliphatic rings. The molecule has 0 heterocycles. The smallest absolute Gasteiger partial charge is 0.0409 e. The van der Waals surface area contributed by atoms with E-state index < -0.39 is 0 Å². The van der Waals surface area contributed by atoms with Crippen LogP contribution in [0, 0.1) is 0 Å². The number of benzene rings is 1. The van der Waals surface area contributed by atoms with Gasteiger partial charge in [-0.1, -0.05) is 23.7 Å². The Kier molecular flexibility index (Phi) is 5.96. The van der Waals surface area contributed by atoms with Crippen molar-refractivity contribution in [3.05, 3.63) is 34.9 Å². The zero-order valence-electron chi connectivity index (χ0n) is 11.0. The normalized spacial score (nSPS) is 11.8. The fourth-order valence-electron chi connectivity index (χ4n) is 1.56. The molecular formula is C14H23ClN2. The Labute approximate surface area is 110 Å². The van der Waals surface area contributed by atoms with Gasteiger partial charge in [-0.2, -0.15) is 0 Å². The van der Waals surface area contributed by atoms with Crippen molar-refractivity contribution in [3.8, 4) is 0 Å². The third kappa shape index (κ3) is 7.37. The van der Waals surface area contributed by atoms with Gasteiger partial charge in [0.15, 0.2) is 0 Å². The number of hydrogen-bond donors (Lipinski definition) is 2. The highest BCUT2D eigenvalue weighted by molar-refractivity contribution is 6.30. The highest BCUT2D eigenvalue weighted by Gasteiger charge is 2.06. The van der Waals surface area contributed by atoms with Crippen LogP contribution in [0.25, 0.3) is 0 Å². The zero-order chi connectivity index (χ0) is 12.7. The Bertz CT molecular complexity index is 331. The van der Waals surface area contributed by atoms with E-state index >= 15 is 0 Å². The van der Waals surface area contributed by atoms with Crippen molar-refractivity contribution < 1.29 is 0 Å². The van der Waals surface area contributed by atoms with Gasteiger partial charge in [0.25, 0.3) is 0 Å². The van der Waals surface area contributed by atoms with Gasteiger partial charge in [-0.05, 0) is 58.0 Å². The standard InChI is InChI=1S/C14H23ClN2/c1-14(2,3)17-9-5-8-16-11-12-6-4-7-13(15)10-12/h4,6-7,10,16-17H,5,8-9,11H2,1-3H3. The zero-order valence-corrected chi connectivity index (χ0v) is 11.8. The van der Waals surface area contributed by atoms with Crippen LogP contribution in [0.15, 0.2) is 24.3 Å². The minimum Gasteiger partial charge on any atom is -0.313 e. The Morgan fingerprint density at radius 2 is 1.94 bits per heavy atom. The fraction of sp³-hybridized carbons (Fsp3) is 0.571. The number of halogens is 1. The SMILES string of the molecule is CC(C)(C)NCCCNCc1cccc(Cl)c1. The summed E-state index contributed by atoms with van der Waals surface area (Å²) in [4.78, 5) is 0. The van der Waals surface area contributed by atoms with Gasteiger partial charge >= 0.3 is 0 Å². The summed E-state index contributed by atoms with van der Waals surface area (Å²) in [6.45, 7) is 9.52. The van der Waals surface area contributed by atoms with E-state index in [4.69, 9.17) is 11.6 Å². The summed E-state index contributed by atoms with van der Waals surface area (Å²) >= 11 is 5.92. The molecule has 3 heteroatoms. The van der Waals surface area contributed by atoms with Gasteiger partial charge in [0.1, 0.15) is 0 Å². The Hall–Kier alpha value is -0.570. The van der Waals surface area contributed by atoms with Crippen molar-refractivity contribution in [3.63, 3.8) is 0 Å². The molecule has 0 aromatic heterocycles. The maximum absolute atomic E-state index is 5.92. The maximum Gasteiger partial charge on any atom is 0.0409 e. The molecule has 0 atom stereocenters. The van der Waals surface area contributed by atoms with Gasteiger partial charge in [-0.25, -0.2) is 0 Å². The summed E-state index contributed by atoms with van der Waals surface area (Å²) in [7, 11) is 0. The molecule has 2 N–H and O–H groups in total. The average Bonchev–Trinajstić information content (AvgIpc) is 2.22. The summed E-state index contributed by atoms with van der Waals surface area (Å²) in [6, 6.07) is 7.98. The van der Waals surface area contributed by atoms with Crippen LogP contribution >= 0.6 is 11.6 Å². The van der Waals surface area contributed by atoms with E-state index in [0.717, 1.165) is 31.1 Å². The molecule has 0 fully saturated rings. The van der Waals surface area contributed by atoms with Crippen LogP contribution in [0.1, 0.15) is 32.8 Å². The van der Waals surface area contributed by atoms with E-state index in [2.05, 4.69) is 37.5 Å². The topological polar surface area (TPSA) is 24.1 Å². The molecule has 0 aliphatic heterocycles. The van der Waals surface area contributed by atoms with Crippen LogP contribution in [0.2, 0.25) is 5.02 Å². The first-order valence-corrected chi connectivity index (χ1v) is 6.55. The largest absolute Gasteiger partial charge is 0.313 e. The molecule has 17 heavy (non-hydrogen) atoms. The quantitative estimate of drug-likeness (QED) is 0.762. The van der Waals surface area contributed by atoms with Crippen molar-refractivity contribution in [1.29, 1.82) is 0 Å². The Balaban J connectivity index is 2.09. The molecule has 2 nitrogen and oxygen atoms in total. The molecule has 1 rings (SSSR count). The third-order valence-corrected chi connectivity index (χ3v) is 2.64. The first-order valence-electron chi connectivity index (χ1n) is 6.17. The van der Waals surface area contributed by atoms with Crippen molar-refractivity contribution in [2.45, 2.75) is 39.3 Å². The van der Waals surface area contributed by atoms with Gasteiger partial charge in [0.05, 0.1) is 0 Å². The lowest BCUT2D eigenvalue weighted by atomic mass is 10.1. The lowest BCUT2D eigenvalue weighted by Crippen LogP contribution is -2.37. The second-order valence-corrected chi connectivity index (χ2v) is 5.77. The van der Waals surface area contributed by atoms with Crippen LogP contribution in [0.4, 0.5) is 0 Å². The first kappa shape index (κ1) is 14.5. The first-order chi connectivity index (χ1) is 7.97. The Morgan fingerprint density at radius 1 is 1.18 bits per heavy atom. The highest BCUT2D eigenvalue weighted by Crippen LogP contribution is 2.10. The summed E-state index contributed by atoms with van der Waals surface area (Å²) in [5, 5.41) is 7.69. The second-order valence-electron chi connectivity index (χ2n) is 5.34. The van der Waals surface area contributed by atoms with Gasteiger partial charge in [0.2, 0.25) is 0 Å². The molecule has 96 valence electrons. The molecule has 0 bridgehead atoms. The number of hydrogen-bond acceptors (Lipinski definition) is 2. The molecule has 0 amide bonds. The molecule has 1 aromatic rings. The lowest BCUT2D eigenvalue weighted by molar-refractivity contribution is 0.418. The van der Waals surface area contributed by atoms with Crippen molar-refractivity contribution >= 4 is 11.6 Å². The highest BCUT2D eigenvalue weighted by atomic mass is 35.5. The maximum atomic E-state index is 5.92. The van der Waals surface area contributed by atoms with E-state index in [9.17, 15) is 0 Å². The van der Waals surface area contributed by atoms with E-state index in [-0.39, 0.29) is 5.54 Å². The van der Waals surface area contributed by atoms with E-state index in [1.807, 2.05) is 18.2 Å². The van der Waals surface area contributed by atoms with E-state index in [1.165, 1.54) is 5.56 Å². The van der Waals surface area contributed by atoms with Crippen LogP contribution < -0.4 is 10.6 Å². The van der Waals surface area contributed by atoms with Gasteiger partial charge in [-0.3, -0.25) is 0 Å². The monoisotopic (exact) mass is 254 g/mol. The Morgan fingerprint density at radius 3 is 2.59 bits per heavy atom. The molecule has 0 aliphatic carbocycles. The molecule has 0 saturated carbocycles. The van der Waals surface area contributed by atoms with Crippen LogP contribution in [0.3, 0.4) is 0 Å². The van der Waals surface area contributed by atoms with E-state index in [0.29, 0.717) is 0 Å². The van der Waals surface area contributed by atoms with Crippen molar-refractivity contribution in [1.82, 2.24) is 10.6 Å². The van der Waals surface area contributed by atoms with Crippen molar-refractivity contribution in [2.24, 2.45) is 0 Å². The average molecular weight is 255 g/mol. The minimum atomic E-state index is 0.215. The summed E-state index contributed by atoms with van der Waals surface area (Å²) < 4.78 is 0. The molecule has 0 saturated heterocycles. The van der Waals surface area contributed by atoms with E-state index in [1.54, 1.807) is 0 Å². The minimum absolute atomic E-state index is 0.215. The molecule has 0 spiro atoms. The van der Waals surface area contributed by atoms with Crippen LogP contribution in [0.5, 0.6) is 0 Å². The fourth-order valence-corrected chi connectivity index (χ4v) is 1.77. The number of nitrogens with one attached hydrogen (secondary N) is 2. The molecule has 0 radical (unpaired) electrons. The molecular weight excluding hydrogens is 232 g/mol. The molecule has 0 unspecified atom stereocenters. The van der Waals surface area contributed by atoms with Gasteiger partial charge in [0, 0.05) is 17.1 Å². The van der Waals surface area contributed by atoms with Gasteiger partial charge in [-0.15, -0.1) is 0 Å². The lowest BCUT2D eigenvalue weighted by Gasteiger charge is -2.20. The second kappa shape index (κ2) is 7.00. The predicted octanol–water partition coefficient (Wildman–Crippen LogP) is 3.21. The summed E-state index contributed by atoms with van der Waals surface area (Å²) in [5.41, 5.74) is 1.45. The van der Waals surface area contributed by atoms with Crippen molar-refractivity contribution in [2.75, 3.05) is 13.1 Å². The molecule has 1 aromatic carbocycles. The van der Waals surface area contributed by atoms with Crippen LogP contribution in [-0.2, 0) is 6.54 Å². The van der Waals surface area contributed by atoms with Gasteiger partial charge < -0.3 is 10.6 Å². The number of rotatable bonds is 6. The predicted molar refractivity (Wildman–Crippen MR) is 75.5 cm³/mol.